The molecule has 0 bridgehead atoms. The number of oxime groups is 1. The van der Waals surface area contributed by atoms with Gasteiger partial charge in [-0.2, -0.15) is 13.2 Å². The molecule has 0 aromatic heterocycles. The van der Waals surface area contributed by atoms with E-state index in [0.29, 0.717) is 18.7 Å². The molecule has 2 aromatic carbocycles. The molecule has 0 aliphatic carbocycles. The zero-order chi connectivity index (χ0) is 25.8. The Hall–Kier alpha value is -3.43. The molecule has 0 atom stereocenters. The highest BCUT2D eigenvalue weighted by Crippen LogP contribution is 2.43. The van der Waals surface area contributed by atoms with Crippen molar-refractivity contribution in [3.8, 4) is 11.5 Å². The van der Waals surface area contributed by atoms with Crippen molar-refractivity contribution in [2.24, 2.45) is 5.16 Å². The van der Waals surface area contributed by atoms with E-state index in [2.05, 4.69) is 5.16 Å². The number of carbonyl (C=O) groups is 1. The van der Waals surface area contributed by atoms with Gasteiger partial charge in [-0.05, 0) is 49.1 Å². The molecule has 186 valence electrons. The van der Waals surface area contributed by atoms with Gasteiger partial charge in [0.05, 0.1) is 11.3 Å². The molecule has 0 spiro atoms. The van der Waals surface area contributed by atoms with Crippen molar-refractivity contribution in [3.63, 3.8) is 0 Å². The Balaban J connectivity index is 2.56. The lowest BCUT2D eigenvalue weighted by molar-refractivity contribution is -0.137. The number of halogens is 3. The first-order valence-corrected chi connectivity index (χ1v) is 10.7. The first-order chi connectivity index (χ1) is 15.7. The summed E-state index contributed by atoms with van der Waals surface area (Å²) in [4.78, 5) is 12.7. The zero-order valence-corrected chi connectivity index (χ0v) is 19.7. The Morgan fingerprint density at radius 2 is 1.65 bits per heavy atom. The van der Waals surface area contributed by atoms with Crippen molar-refractivity contribution in [1.82, 2.24) is 0 Å². The van der Waals surface area contributed by atoms with Crippen LogP contribution in [0, 0.1) is 0 Å². The molecule has 2 rings (SSSR count). The lowest BCUT2D eigenvalue weighted by Gasteiger charge is -2.33. The molecule has 0 radical (unpaired) electrons. The minimum absolute atomic E-state index is 0.0297. The van der Waals surface area contributed by atoms with Gasteiger partial charge < -0.3 is 25.1 Å². The smallest absolute Gasteiger partial charge is 0.418 e. The zero-order valence-electron chi connectivity index (χ0n) is 19.7. The fourth-order valence-electron chi connectivity index (χ4n) is 3.57. The van der Waals surface area contributed by atoms with E-state index < -0.39 is 35.5 Å². The van der Waals surface area contributed by atoms with Crippen LogP contribution in [0.4, 0.5) is 18.9 Å². The molecule has 10 heteroatoms. The van der Waals surface area contributed by atoms with Crippen LogP contribution >= 0.6 is 0 Å². The topological polar surface area (TPSA) is 103 Å². The Labute approximate surface area is 196 Å². The van der Waals surface area contributed by atoms with Crippen molar-refractivity contribution in [2.45, 2.75) is 46.2 Å². The molecule has 34 heavy (non-hydrogen) atoms. The lowest BCUT2D eigenvalue weighted by Crippen LogP contribution is -2.30. The first-order valence-electron chi connectivity index (χ1n) is 10.7. The maximum atomic E-state index is 14.2. The van der Waals surface area contributed by atoms with Crippen LogP contribution in [0.15, 0.2) is 35.5 Å². The second kappa shape index (κ2) is 10.2. The summed E-state index contributed by atoms with van der Waals surface area (Å²) in [6.07, 6.45) is -4.66. The minimum atomic E-state index is -4.66. The molecule has 2 aromatic rings. The molecule has 0 unspecified atom stereocenters. The summed E-state index contributed by atoms with van der Waals surface area (Å²) in [5.74, 6) is -1.81. The largest absolute Gasteiger partial charge is 0.507 e. The van der Waals surface area contributed by atoms with Gasteiger partial charge in [0.15, 0.2) is 0 Å². The van der Waals surface area contributed by atoms with Crippen molar-refractivity contribution in [2.75, 3.05) is 24.6 Å². The molecule has 0 heterocycles. The number of rotatable bonds is 8. The molecule has 0 saturated carbocycles. The van der Waals surface area contributed by atoms with E-state index in [1.165, 1.54) is 6.07 Å². The van der Waals surface area contributed by atoms with Gasteiger partial charge in [-0.3, -0.25) is 0 Å². The van der Waals surface area contributed by atoms with Crippen molar-refractivity contribution < 1.29 is 38.1 Å². The van der Waals surface area contributed by atoms with E-state index in [0.717, 1.165) is 18.2 Å². The number of anilines is 1. The number of phenols is 1. The van der Waals surface area contributed by atoms with Gasteiger partial charge in [0, 0.05) is 24.7 Å². The number of nitrogens with zero attached hydrogens (tertiary/aromatic N) is 2. The second-order valence-corrected chi connectivity index (χ2v) is 8.66. The van der Waals surface area contributed by atoms with Gasteiger partial charge in [-0.15, -0.1) is 0 Å². The van der Waals surface area contributed by atoms with Crippen LogP contribution < -0.4 is 9.64 Å². The molecular weight excluding hydrogens is 453 g/mol. The van der Waals surface area contributed by atoms with Gasteiger partial charge in [0.1, 0.15) is 29.4 Å². The molecule has 0 aliphatic heterocycles. The summed E-state index contributed by atoms with van der Waals surface area (Å²) in [7, 11) is 0. The van der Waals surface area contributed by atoms with Gasteiger partial charge in [0.25, 0.3) is 0 Å². The first kappa shape index (κ1) is 26.8. The number of aromatic carboxylic acids is 1. The Bertz CT molecular complexity index is 1040. The molecule has 0 fully saturated rings. The summed E-state index contributed by atoms with van der Waals surface area (Å²) >= 11 is 0. The summed E-state index contributed by atoms with van der Waals surface area (Å²) in [6.45, 7) is 9.31. The summed E-state index contributed by atoms with van der Waals surface area (Å²) in [6, 6.07) is 5.97. The van der Waals surface area contributed by atoms with Crippen LogP contribution in [-0.4, -0.2) is 46.8 Å². The molecule has 0 saturated heterocycles. The van der Waals surface area contributed by atoms with Crippen LogP contribution in [0.3, 0.4) is 0 Å². The fourth-order valence-corrected chi connectivity index (χ4v) is 3.57. The third-order valence-electron chi connectivity index (χ3n) is 5.33. The van der Waals surface area contributed by atoms with Gasteiger partial charge in [0.2, 0.25) is 0 Å². The highest BCUT2D eigenvalue weighted by Gasteiger charge is 2.38. The summed E-state index contributed by atoms with van der Waals surface area (Å²) in [5.41, 5.74) is -1.45. The number of carboxylic acids is 1. The maximum absolute atomic E-state index is 14.2. The van der Waals surface area contributed by atoms with E-state index >= 15 is 0 Å². The van der Waals surface area contributed by atoms with E-state index in [1.54, 1.807) is 45.6 Å². The number of hydrogen-bond acceptors (Lipinski definition) is 6. The molecule has 3 N–H and O–H groups in total. The van der Waals surface area contributed by atoms with Gasteiger partial charge >= 0.3 is 12.1 Å². The van der Waals surface area contributed by atoms with Crippen LogP contribution in [0.1, 0.15) is 61.7 Å². The van der Waals surface area contributed by atoms with Crippen LogP contribution in [0.2, 0.25) is 0 Å². The van der Waals surface area contributed by atoms with Crippen molar-refractivity contribution in [1.29, 1.82) is 0 Å². The average Bonchev–Trinajstić information content (AvgIpc) is 2.73. The number of carboxylic acid groups (broad SMARTS) is 1. The number of alkyl halides is 3. The maximum Gasteiger partial charge on any atom is 0.418 e. The van der Waals surface area contributed by atoms with Gasteiger partial charge in [-0.1, -0.05) is 25.9 Å². The Kier molecular flexibility index (Phi) is 8.07. The third kappa shape index (κ3) is 5.92. The van der Waals surface area contributed by atoms with E-state index in [9.17, 15) is 28.3 Å². The fraction of sp³-hybridized carbons (Fsp3) is 0.417. The van der Waals surface area contributed by atoms with Crippen molar-refractivity contribution in [3.05, 3.63) is 52.6 Å². The van der Waals surface area contributed by atoms with Gasteiger partial charge in [-0.25, -0.2) is 4.79 Å². The minimum Gasteiger partial charge on any atom is -0.507 e. The van der Waals surface area contributed by atoms with Crippen molar-refractivity contribution >= 4 is 17.4 Å². The number of ether oxygens (including phenoxy) is 1. The second-order valence-electron chi connectivity index (χ2n) is 8.66. The van der Waals surface area contributed by atoms with Crippen LogP contribution in [0.5, 0.6) is 11.5 Å². The Morgan fingerprint density at radius 1 is 1.06 bits per heavy atom. The third-order valence-corrected chi connectivity index (χ3v) is 5.33. The molecule has 7 nitrogen and oxygen atoms in total. The van der Waals surface area contributed by atoms with E-state index in [4.69, 9.17) is 9.84 Å². The number of benzene rings is 2. The van der Waals surface area contributed by atoms with E-state index in [1.807, 2.05) is 0 Å². The average molecular weight is 482 g/mol. The highest BCUT2D eigenvalue weighted by molar-refractivity contribution is 6.02. The van der Waals surface area contributed by atoms with Crippen LogP contribution in [0.25, 0.3) is 0 Å². The predicted molar refractivity (Wildman–Crippen MR) is 123 cm³/mol. The standard InChI is InChI=1S/C24H29F3N2O5/c1-6-29(7-2)21-17(23(3,4)5)10-14(11-18(21)24(25,26)27)19(28-33)13-34-15-8-9-16(22(31)32)20(30)12-15/h8-12,30,33H,6-7,13H2,1-5H3,(H,31,32)/b28-19+. The monoisotopic (exact) mass is 482 g/mol. The number of aromatic hydroxyl groups is 1. The summed E-state index contributed by atoms with van der Waals surface area (Å²) in [5, 5.41) is 31.5. The normalized spacial score (nSPS) is 12.5. The van der Waals surface area contributed by atoms with Crippen LogP contribution in [-0.2, 0) is 11.6 Å². The SMILES string of the molecule is CCN(CC)c1c(C(C)(C)C)cc(/C(COc2ccc(C(=O)O)c(O)c2)=N/O)cc1C(F)(F)F. The summed E-state index contributed by atoms with van der Waals surface area (Å²) < 4.78 is 47.9. The van der Waals surface area contributed by atoms with E-state index in [-0.39, 0.29) is 28.3 Å². The highest BCUT2D eigenvalue weighted by atomic mass is 19.4. The molecule has 0 aliphatic rings. The number of hydrogen-bond donors (Lipinski definition) is 3. The predicted octanol–water partition coefficient (Wildman–Crippen LogP) is 5.51. The molecule has 0 amide bonds. The Morgan fingerprint density at radius 3 is 2.09 bits per heavy atom. The molecular formula is C24H29F3N2O5. The lowest BCUT2D eigenvalue weighted by atomic mass is 9.82. The quantitative estimate of drug-likeness (QED) is 0.261.